The fourth-order valence-corrected chi connectivity index (χ4v) is 3.03. The third-order valence-corrected chi connectivity index (χ3v) is 4.26. The van der Waals surface area contributed by atoms with Crippen LogP contribution < -0.4 is 10.4 Å². The lowest BCUT2D eigenvalue weighted by Crippen LogP contribution is -2.15. The number of hydrogen-bond acceptors (Lipinski definition) is 5. The van der Waals surface area contributed by atoms with Crippen LogP contribution in [0.1, 0.15) is 5.56 Å². The molecule has 140 valence electrons. The Morgan fingerprint density at radius 2 is 1.86 bits per heavy atom. The van der Waals surface area contributed by atoms with Gasteiger partial charge in [0.2, 0.25) is 0 Å². The Morgan fingerprint density at radius 1 is 1.00 bits per heavy atom. The predicted molar refractivity (Wildman–Crippen MR) is 102 cm³/mol. The number of hydrogen-bond donors (Lipinski definition) is 0. The number of esters is 1. The summed E-state index contributed by atoms with van der Waals surface area (Å²) in [5, 5.41) is 2.59. The van der Waals surface area contributed by atoms with Crippen LogP contribution in [0.2, 0.25) is 0 Å². The van der Waals surface area contributed by atoms with Crippen LogP contribution in [-0.2, 0) is 16.1 Å². The minimum Gasteiger partial charge on any atom is -0.482 e. The molecule has 1 aromatic heterocycles. The van der Waals surface area contributed by atoms with Crippen molar-refractivity contribution < 1.29 is 23.1 Å². The summed E-state index contributed by atoms with van der Waals surface area (Å²) in [6.45, 7) is -0.481. The van der Waals surface area contributed by atoms with E-state index < -0.39 is 17.4 Å². The molecule has 0 saturated carbocycles. The highest BCUT2D eigenvalue weighted by Gasteiger charge is 2.12. The van der Waals surface area contributed by atoms with Gasteiger partial charge in [-0.25, -0.2) is 14.0 Å². The molecule has 6 heteroatoms. The van der Waals surface area contributed by atoms with E-state index in [2.05, 4.69) is 0 Å². The van der Waals surface area contributed by atoms with Gasteiger partial charge >= 0.3 is 11.6 Å². The predicted octanol–water partition coefficient (Wildman–Crippen LogP) is 4.21. The molecule has 4 aromatic rings. The van der Waals surface area contributed by atoms with Crippen molar-refractivity contribution in [2.24, 2.45) is 0 Å². The van der Waals surface area contributed by atoms with E-state index in [1.807, 2.05) is 30.3 Å². The molecule has 28 heavy (non-hydrogen) atoms. The van der Waals surface area contributed by atoms with Crippen molar-refractivity contribution in [1.29, 1.82) is 0 Å². The highest BCUT2D eigenvalue weighted by Crippen LogP contribution is 2.27. The van der Waals surface area contributed by atoms with Crippen LogP contribution in [0.5, 0.6) is 5.75 Å². The Balaban J connectivity index is 1.55. The average molecular weight is 378 g/mol. The van der Waals surface area contributed by atoms with Crippen LogP contribution in [0.4, 0.5) is 4.39 Å². The Bertz CT molecular complexity index is 1230. The van der Waals surface area contributed by atoms with Crippen molar-refractivity contribution in [3.63, 3.8) is 0 Å². The van der Waals surface area contributed by atoms with Gasteiger partial charge in [-0.15, -0.1) is 0 Å². The Kier molecular flexibility index (Phi) is 4.76. The van der Waals surface area contributed by atoms with Crippen molar-refractivity contribution in [1.82, 2.24) is 0 Å². The molecule has 0 fully saturated rings. The van der Waals surface area contributed by atoms with Gasteiger partial charge in [-0.05, 0) is 29.0 Å². The molecule has 0 aliphatic carbocycles. The van der Waals surface area contributed by atoms with Crippen LogP contribution in [0.3, 0.4) is 0 Å². The quantitative estimate of drug-likeness (QED) is 0.296. The lowest BCUT2D eigenvalue weighted by atomic mass is 10.0. The summed E-state index contributed by atoms with van der Waals surface area (Å²) in [5.41, 5.74) is 0.445. The molecule has 0 radical (unpaired) electrons. The number of halogens is 1. The molecule has 0 atom stereocenters. The lowest BCUT2D eigenvalue weighted by Gasteiger charge is -2.10. The van der Waals surface area contributed by atoms with Crippen molar-refractivity contribution in [2.45, 2.75) is 6.61 Å². The molecule has 5 nitrogen and oxygen atoms in total. The Labute approximate surface area is 158 Å². The van der Waals surface area contributed by atoms with Gasteiger partial charge in [0, 0.05) is 23.1 Å². The average Bonchev–Trinajstić information content (AvgIpc) is 2.70. The maximum absolute atomic E-state index is 13.1. The van der Waals surface area contributed by atoms with E-state index in [1.54, 1.807) is 12.1 Å². The summed E-state index contributed by atoms with van der Waals surface area (Å²) < 4.78 is 28.9. The first-order valence-electron chi connectivity index (χ1n) is 8.58. The van der Waals surface area contributed by atoms with E-state index in [-0.39, 0.29) is 19.0 Å². The normalized spacial score (nSPS) is 10.9. The molecule has 0 amide bonds. The maximum atomic E-state index is 13.1. The first-order valence-corrected chi connectivity index (χ1v) is 8.58. The van der Waals surface area contributed by atoms with Crippen LogP contribution in [0.15, 0.2) is 75.9 Å². The molecular formula is C22H15FO5. The second kappa shape index (κ2) is 7.52. The molecule has 0 bridgehead atoms. The summed E-state index contributed by atoms with van der Waals surface area (Å²) in [6, 6.07) is 18.0. The molecule has 0 saturated heterocycles. The maximum Gasteiger partial charge on any atom is 0.344 e. The third-order valence-electron chi connectivity index (χ3n) is 4.26. The fraction of sp³-hybridized carbons (Fsp3) is 0.0909. The number of carbonyl (C=O) groups is 1. The monoisotopic (exact) mass is 378 g/mol. The molecule has 1 heterocycles. The second-order valence-corrected chi connectivity index (χ2v) is 6.16. The summed E-state index contributed by atoms with van der Waals surface area (Å²) in [7, 11) is 0. The number of ether oxygens (including phenoxy) is 2. The molecule has 0 aliphatic heterocycles. The summed E-state index contributed by atoms with van der Waals surface area (Å²) >= 11 is 0. The molecular weight excluding hydrogens is 363 g/mol. The largest absolute Gasteiger partial charge is 0.482 e. The summed E-state index contributed by atoms with van der Waals surface area (Å²) in [5.74, 6) is -0.861. The standard InChI is InChI=1S/C22H15FO5/c23-16-5-3-6-17(11-16)26-13-21(25)27-12-15-10-20(24)28-19-9-8-14-4-1-2-7-18(14)22(15)19/h1-11H,12-13H2. The zero-order valence-electron chi connectivity index (χ0n) is 14.7. The van der Waals surface area contributed by atoms with E-state index in [0.29, 0.717) is 11.1 Å². The third kappa shape index (κ3) is 3.71. The van der Waals surface area contributed by atoms with Gasteiger partial charge in [-0.2, -0.15) is 0 Å². The number of fused-ring (bicyclic) bond motifs is 3. The first kappa shape index (κ1) is 17.7. The number of carbonyl (C=O) groups excluding carboxylic acids is 1. The topological polar surface area (TPSA) is 65.7 Å². The Morgan fingerprint density at radius 3 is 2.71 bits per heavy atom. The van der Waals surface area contributed by atoms with Crippen molar-refractivity contribution >= 4 is 27.7 Å². The van der Waals surface area contributed by atoms with Gasteiger partial charge in [0.25, 0.3) is 0 Å². The SMILES string of the molecule is O=C(COc1cccc(F)c1)OCc1cc(=O)oc2ccc3ccccc3c12. The fourth-order valence-electron chi connectivity index (χ4n) is 3.03. The van der Waals surface area contributed by atoms with Gasteiger partial charge < -0.3 is 13.9 Å². The smallest absolute Gasteiger partial charge is 0.344 e. The summed E-state index contributed by atoms with van der Waals surface area (Å²) in [4.78, 5) is 23.9. The van der Waals surface area contributed by atoms with E-state index >= 15 is 0 Å². The molecule has 0 N–H and O–H groups in total. The van der Waals surface area contributed by atoms with Gasteiger partial charge in [0.15, 0.2) is 6.61 Å². The highest BCUT2D eigenvalue weighted by atomic mass is 19.1. The highest BCUT2D eigenvalue weighted by molar-refractivity contribution is 6.07. The van der Waals surface area contributed by atoms with Crippen molar-refractivity contribution in [3.8, 4) is 5.75 Å². The van der Waals surface area contributed by atoms with Gasteiger partial charge in [0.05, 0.1) is 0 Å². The summed E-state index contributed by atoms with van der Waals surface area (Å²) in [6.07, 6.45) is 0. The van der Waals surface area contributed by atoms with E-state index in [9.17, 15) is 14.0 Å². The van der Waals surface area contributed by atoms with Crippen molar-refractivity contribution in [2.75, 3.05) is 6.61 Å². The van der Waals surface area contributed by atoms with Gasteiger partial charge in [-0.1, -0.05) is 36.4 Å². The molecule has 0 unspecified atom stereocenters. The number of rotatable bonds is 5. The van der Waals surface area contributed by atoms with E-state index in [1.165, 1.54) is 24.3 Å². The van der Waals surface area contributed by atoms with E-state index in [4.69, 9.17) is 13.9 Å². The first-order chi connectivity index (χ1) is 13.6. The van der Waals surface area contributed by atoms with Crippen LogP contribution in [0, 0.1) is 5.82 Å². The van der Waals surface area contributed by atoms with Gasteiger partial charge in [0.1, 0.15) is 23.8 Å². The van der Waals surface area contributed by atoms with Gasteiger partial charge in [-0.3, -0.25) is 0 Å². The second-order valence-electron chi connectivity index (χ2n) is 6.16. The van der Waals surface area contributed by atoms with Crippen LogP contribution >= 0.6 is 0 Å². The zero-order chi connectivity index (χ0) is 19.5. The minimum absolute atomic E-state index is 0.110. The van der Waals surface area contributed by atoms with Crippen molar-refractivity contribution in [3.05, 3.63) is 88.5 Å². The minimum atomic E-state index is -0.633. The van der Waals surface area contributed by atoms with Crippen LogP contribution in [-0.4, -0.2) is 12.6 Å². The zero-order valence-corrected chi connectivity index (χ0v) is 14.7. The lowest BCUT2D eigenvalue weighted by molar-refractivity contribution is -0.147. The molecule has 3 aromatic carbocycles. The Hall–Kier alpha value is -3.67. The number of benzene rings is 3. The van der Waals surface area contributed by atoms with Crippen LogP contribution in [0.25, 0.3) is 21.7 Å². The molecule has 0 aliphatic rings. The van der Waals surface area contributed by atoms with E-state index in [0.717, 1.165) is 16.2 Å². The molecule has 0 spiro atoms. The molecule has 4 rings (SSSR count).